The molecule has 2 rings (SSSR count). The second-order valence-corrected chi connectivity index (χ2v) is 4.50. The monoisotopic (exact) mass is 266 g/mol. The Kier molecular flexibility index (Phi) is 3.84. The molecule has 0 amide bonds. The molecule has 104 valence electrons. The van der Waals surface area contributed by atoms with Gasteiger partial charge < -0.3 is 9.67 Å². The standard InChI is InChI=1S/C12H18N4O3/c1-3-5-8-13-9-10(16(8)6-4-7-17)14-12(19)15(2)11(9)18/h17H,3-7H2,1-2H3,(H,14,19). The highest BCUT2D eigenvalue weighted by atomic mass is 16.3. The first-order valence-corrected chi connectivity index (χ1v) is 6.39. The van der Waals surface area contributed by atoms with Crippen LogP contribution < -0.4 is 11.2 Å². The third-order valence-corrected chi connectivity index (χ3v) is 3.10. The molecule has 2 heterocycles. The summed E-state index contributed by atoms with van der Waals surface area (Å²) in [5, 5.41) is 8.94. The fraction of sp³-hybridized carbons (Fsp3) is 0.583. The van der Waals surface area contributed by atoms with Crippen molar-refractivity contribution in [2.75, 3.05) is 6.61 Å². The smallest absolute Gasteiger partial charge is 0.329 e. The molecule has 0 atom stereocenters. The van der Waals surface area contributed by atoms with E-state index >= 15 is 0 Å². The van der Waals surface area contributed by atoms with Gasteiger partial charge in [-0.05, 0) is 12.8 Å². The maximum Gasteiger partial charge on any atom is 0.329 e. The van der Waals surface area contributed by atoms with E-state index in [1.165, 1.54) is 7.05 Å². The Morgan fingerprint density at radius 3 is 2.74 bits per heavy atom. The third kappa shape index (κ3) is 2.33. The van der Waals surface area contributed by atoms with E-state index < -0.39 is 5.69 Å². The molecular weight excluding hydrogens is 248 g/mol. The highest BCUT2D eigenvalue weighted by Crippen LogP contribution is 2.12. The Morgan fingerprint density at radius 1 is 1.37 bits per heavy atom. The summed E-state index contributed by atoms with van der Waals surface area (Å²) in [6, 6.07) is 0. The average Bonchev–Trinajstić information content (AvgIpc) is 2.72. The van der Waals surface area contributed by atoms with E-state index in [1.54, 1.807) is 0 Å². The fourth-order valence-corrected chi connectivity index (χ4v) is 2.10. The van der Waals surface area contributed by atoms with Crippen molar-refractivity contribution in [3.8, 4) is 0 Å². The molecule has 0 saturated carbocycles. The van der Waals surface area contributed by atoms with Gasteiger partial charge in [-0.1, -0.05) is 6.92 Å². The van der Waals surface area contributed by atoms with Gasteiger partial charge in [0, 0.05) is 26.6 Å². The first-order chi connectivity index (χ1) is 9.10. The van der Waals surface area contributed by atoms with Crippen molar-refractivity contribution in [1.82, 2.24) is 19.1 Å². The van der Waals surface area contributed by atoms with Gasteiger partial charge in [0.25, 0.3) is 5.56 Å². The Balaban J connectivity index is 2.70. The molecule has 0 aromatic carbocycles. The SMILES string of the molecule is CCCc1nc2c(=O)n(C)c(=O)[nH]c2n1CCCO. The molecule has 7 heteroatoms. The van der Waals surface area contributed by atoms with Crippen LogP contribution in [0, 0.1) is 0 Å². The molecule has 0 aliphatic rings. The zero-order valence-corrected chi connectivity index (χ0v) is 11.1. The number of aromatic amines is 1. The van der Waals surface area contributed by atoms with Crippen LogP contribution in [0.15, 0.2) is 9.59 Å². The normalized spacial score (nSPS) is 11.3. The van der Waals surface area contributed by atoms with Crippen molar-refractivity contribution in [3.63, 3.8) is 0 Å². The van der Waals surface area contributed by atoms with E-state index in [9.17, 15) is 9.59 Å². The lowest BCUT2D eigenvalue weighted by Crippen LogP contribution is -2.32. The van der Waals surface area contributed by atoms with Crippen molar-refractivity contribution in [1.29, 1.82) is 0 Å². The summed E-state index contributed by atoms with van der Waals surface area (Å²) in [6.07, 6.45) is 2.18. The van der Waals surface area contributed by atoms with Crippen molar-refractivity contribution in [3.05, 3.63) is 26.7 Å². The van der Waals surface area contributed by atoms with Crippen LogP contribution in [0.5, 0.6) is 0 Å². The van der Waals surface area contributed by atoms with E-state index in [4.69, 9.17) is 5.11 Å². The average molecular weight is 266 g/mol. The number of aryl methyl sites for hydroxylation is 2. The second kappa shape index (κ2) is 5.40. The molecule has 0 unspecified atom stereocenters. The number of nitrogens with one attached hydrogen (secondary N) is 1. The molecule has 2 aromatic heterocycles. The quantitative estimate of drug-likeness (QED) is 0.781. The molecule has 0 fully saturated rings. The molecule has 2 aromatic rings. The summed E-state index contributed by atoms with van der Waals surface area (Å²) in [4.78, 5) is 30.7. The van der Waals surface area contributed by atoms with Crippen LogP contribution in [0.2, 0.25) is 0 Å². The van der Waals surface area contributed by atoms with Gasteiger partial charge >= 0.3 is 5.69 Å². The number of aromatic nitrogens is 4. The topological polar surface area (TPSA) is 92.9 Å². The van der Waals surface area contributed by atoms with Crippen molar-refractivity contribution in [2.45, 2.75) is 32.7 Å². The molecule has 2 N–H and O–H groups in total. The lowest BCUT2D eigenvalue weighted by atomic mass is 10.3. The molecule has 0 radical (unpaired) electrons. The molecule has 19 heavy (non-hydrogen) atoms. The first-order valence-electron chi connectivity index (χ1n) is 6.39. The van der Waals surface area contributed by atoms with E-state index in [0.29, 0.717) is 18.6 Å². The van der Waals surface area contributed by atoms with Crippen LogP contribution in [0.1, 0.15) is 25.6 Å². The highest BCUT2D eigenvalue weighted by molar-refractivity contribution is 5.70. The number of rotatable bonds is 5. The van der Waals surface area contributed by atoms with Gasteiger partial charge in [-0.15, -0.1) is 0 Å². The molecule has 0 aliphatic carbocycles. The fourth-order valence-electron chi connectivity index (χ4n) is 2.10. The lowest BCUT2D eigenvalue weighted by molar-refractivity contribution is 0.279. The molecule has 0 bridgehead atoms. The van der Waals surface area contributed by atoms with Gasteiger partial charge in [0.05, 0.1) is 0 Å². The number of aliphatic hydroxyl groups is 1. The van der Waals surface area contributed by atoms with Gasteiger partial charge in [-0.25, -0.2) is 9.78 Å². The lowest BCUT2D eigenvalue weighted by Gasteiger charge is -2.07. The van der Waals surface area contributed by atoms with Gasteiger partial charge in [-0.3, -0.25) is 14.3 Å². The van der Waals surface area contributed by atoms with E-state index in [1.807, 2.05) is 11.5 Å². The van der Waals surface area contributed by atoms with E-state index in [0.717, 1.165) is 23.2 Å². The van der Waals surface area contributed by atoms with Crippen LogP contribution >= 0.6 is 0 Å². The summed E-state index contributed by atoms with van der Waals surface area (Å²) in [5.41, 5.74) is -0.113. The van der Waals surface area contributed by atoms with Crippen LogP contribution in [-0.4, -0.2) is 30.8 Å². The Hall–Kier alpha value is -1.89. The van der Waals surface area contributed by atoms with Crippen molar-refractivity contribution >= 4 is 11.2 Å². The first kappa shape index (κ1) is 13.5. The third-order valence-electron chi connectivity index (χ3n) is 3.10. The summed E-state index contributed by atoms with van der Waals surface area (Å²) in [6.45, 7) is 2.61. The van der Waals surface area contributed by atoms with E-state index in [-0.39, 0.29) is 17.7 Å². The number of hydrogen-bond acceptors (Lipinski definition) is 4. The number of aliphatic hydroxyl groups excluding tert-OH is 1. The minimum Gasteiger partial charge on any atom is -0.396 e. The summed E-state index contributed by atoms with van der Waals surface area (Å²) in [5.74, 6) is 0.768. The Morgan fingerprint density at radius 2 is 2.11 bits per heavy atom. The summed E-state index contributed by atoms with van der Waals surface area (Å²) >= 11 is 0. The minimum atomic E-state index is -0.453. The Labute approximate surface area is 109 Å². The molecular formula is C12H18N4O3. The van der Waals surface area contributed by atoms with Crippen LogP contribution in [0.4, 0.5) is 0 Å². The number of H-pyrrole nitrogens is 1. The largest absolute Gasteiger partial charge is 0.396 e. The zero-order chi connectivity index (χ0) is 14.0. The summed E-state index contributed by atoms with van der Waals surface area (Å²) in [7, 11) is 1.42. The minimum absolute atomic E-state index is 0.0559. The summed E-state index contributed by atoms with van der Waals surface area (Å²) < 4.78 is 2.83. The van der Waals surface area contributed by atoms with E-state index in [2.05, 4.69) is 9.97 Å². The Bertz CT molecular complexity index is 695. The number of hydrogen-bond donors (Lipinski definition) is 2. The maximum absolute atomic E-state index is 12.0. The van der Waals surface area contributed by atoms with Gasteiger partial charge in [0.1, 0.15) is 11.5 Å². The predicted octanol–water partition coefficient (Wildman–Crippen LogP) is -0.242. The van der Waals surface area contributed by atoms with Crippen molar-refractivity contribution < 1.29 is 5.11 Å². The van der Waals surface area contributed by atoms with Crippen LogP contribution in [-0.2, 0) is 20.0 Å². The van der Waals surface area contributed by atoms with Gasteiger partial charge in [-0.2, -0.15) is 0 Å². The van der Waals surface area contributed by atoms with Crippen LogP contribution in [0.3, 0.4) is 0 Å². The molecule has 0 spiro atoms. The molecule has 0 saturated heterocycles. The number of fused-ring (bicyclic) bond motifs is 1. The predicted molar refractivity (Wildman–Crippen MR) is 71.3 cm³/mol. The van der Waals surface area contributed by atoms with Gasteiger partial charge in [0.15, 0.2) is 5.52 Å². The maximum atomic E-state index is 12.0. The highest BCUT2D eigenvalue weighted by Gasteiger charge is 2.15. The number of imidazole rings is 1. The van der Waals surface area contributed by atoms with Crippen molar-refractivity contribution in [2.24, 2.45) is 7.05 Å². The number of nitrogens with zero attached hydrogens (tertiary/aromatic N) is 3. The van der Waals surface area contributed by atoms with Gasteiger partial charge in [0.2, 0.25) is 0 Å². The van der Waals surface area contributed by atoms with Crippen LogP contribution in [0.25, 0.3) is 11.2 Å². The molecule has 7 nitrogen and oxygen atoms in total. The zero-order valence-electron chi connectivity index (χ0n) is 11.1. The second-order valence-electron chi connectivity index (χ2n) is 4.50. The molecule has 0 aliphatic heterocycles.